The van der Waals surface area contributed by atoms with Gasteiger partial charge in [0.2, 0.25) is 0 Å². The predicted octanol–water partition coefficient (Wildman–Crippen LogP) is 2.84. The summed E-state index contributed by atoms with van der Waals surface area (Å²) in [4.78, 5) is 4.04. The van der Waals surface area contributed by atoms with E-state index in [4.69, 9.17) is 5.10 Å². The largest absolute Gasteiger partial charge is 0.268 e. The fourth-order valence-corrected chi connectivity index (χ4v) is 2.68. The van der Waals surface area contributed by atoms with Gasteiger partial charge in [-0.15, -0.1) is 0 Å². The zero-order valence-corrected chi connectivity index (χ0v) is 11.1. The summed E-state index contributed by atoms with van der Waals surface area (Å²) in [5.74, 6) is 0. The molecule has 0 radical (unpaired) electrons. The highest BCUT2D eigenvalue weighted by molar-refractivity contribution is 5.23. The van der Waals surface area contributed by atoms with E-state index in [1.165, 1.54) is 23.2 Å². The zero-order valence-electron chi connectivity index (χ0n) is 11.1. The molecule has 2 heterocycles. The molecule has 3 heteroatoms. The van der Waals surface area contributed by atoms with Gasteiger partial charge in [-0.3, -0.25) is 9.67 Å². The maximum atomic E-state index is 4.71. The van der Waals surface area contributed by atoms with Gasteiger partial charge in [0.1, 0.15) is 0 Å². The molecule has 0 saturated heterocycles. The van der Waals surface area contributed by atoms with Gasteiger partial charge in [-0.1, -0.05) is 13.8 Å². The number of fused-ring (bicyclic) bond motifs is 1. The standard InChI is InChI=1S/C15H19N3/c1-15(2)6-3-14-13(9-15)11-18(17-14)10-12-4-7-16-8-5-12/h4-5,7-8,11H,3,6,9-10H2,1-2H3. The molecule has 3 rings (SSSR count). The van der Waals surface area contributed by atoms with Crippen LogP contribution < -0.4 is 0 Å². The second-order valence-electron chi connectivity index (χ2n) is 6.00. The normalized spacial score (nSPS) is 17.4. The first-order valence-electron chi connectivity index (χ1n) is 6.56. The van der Waals surface area contributed by atoms with Crippen molar-refractivity contribution in [3.8, 4) is 0 Å². The summed E-state index contributed by atoms with van der Waals surface area (Å²) in [5.41, 5.74) is 4.41. The van der Waals surface area contributed by atoms with Crippen molar-refractivity contribution in [1.82, 2.24) is 14.8 Å². The van der Waals surface area contributed by atoms with Crippen LogP contribution in [0.4, 0.5) is 0 Å². The van der Waals surface area contributed by atoms with Crippen LogP contribution in [0.15, 0.2) is 30.7 Å². The highest BCUT2D eigenvalue weighted by Gasteiger charge is 2.27. The molecule has 0 spiro atoms. The summed E-state index contributed by atoms with van der Waals surface area (Å²) >= 11 is 0. The molecule has 18 heavy (non-hydrogen) atoms. The van der Waals surface area contributed by atoms with E-state index < -0.39 is 0 Å². The molecule has 0 bridgehead atoms. The summed E-state index contributed by atoms with van der Waals surface area (Å²) in [5, 5.41) is 4.71. The molecule has 1 aliphatic carbocycles. The van der Waals surface area contributed by atoms with E-state index >= 15 is 0 Å². The molecule has 94 valence electrons. The lowest BCUT2D eigenvalue weighted by Crippen LogP contribution is -2.21. The van der Waals surface area contributed by atoms with Crippen LogP contribution >= 0.6 is 0 Å². The van der Waals surface area contributed by atoms with Gasteiger partial charge in [0.05, 0.1) is 12.2 Å². The van der Waals surface area contributed by atoms with E-state index in [2.05, 4.69) is 29.7 Å². The van der Waals surface area contributed by atoms with Crippen molar-refractivity contribution in [3.63, 3.8) is 0 Å². The average molecular weight is 241 g/mol. The molecule has 0 aliphatic heterocycles. The van der Waals surface area contributed by atoms with Gasteiger partial charge in [-0.25, -0.2) is 0 Å². The van der Waals surface area contributed by atoms with Crippen LogP contribution in [0.2, 0.25) is 0 Å². The van der Waals surface area contributed by atoms with E-state index in [1.807, 2.05) is 24.5 Å². The smallest absolute Gasteiger partial charge is 0.0660 e. The van der Waals surface area contributed by atoms with Crippen LogP contribution in [0, 0.1) is 5.41 Å². The third kappa shape index (κ3) is 2.30. The maximum Gasteiger partial charge on any atom is 0.0660 e. The van der Waals surface area contributed by atoms with Gasteiger partial charge in [0, 0.05) is 18.6 Å². The Morgan fingerprint density at radius 3 is 2.83 bits per heavy atom. The Morgan fingerprint density at radius 1 is 1.28 bits per heavy atom. The van der Waals surface area contributed by atoms with Crippen LogP contribution in [-0.2, 0) is 19.4 Å². The number of hydrogen-bond acceptors (Lipinski definition) is 2. The van der Waals surface area contributed by atoms with Crippen LogP contribution in [0.3, 0.4) is 0 Å². The second kappa shape index (κ2) is 4.23. The SMILES string of the molecule is CC1(C)CCc2nn(Cc3ccncc3)cc2C1. The number of nitrogens with zero attached hydrogens (tertiary/aromatic N) is 3. The fourth-order valence-electron chi connectivity index (χ4n) is 2.68. The number of hydrogen-bond donors (Lipinski definition) is 0. The van der Waals surface area contributed by atoms with Gasteiger partial charge in [-0.05, 0) is 47.9 Å². The molecule has 0 atom stereocenters. The summed E-state index contributed by atoms with van der Waals surface area (Å²) in [6, 6.07) is 4.09. The van der Waals surface area contributed by atoms with E-state index in [1.54, 1.807) is 0 Å². The predicted molar refractivity (Wildman–Crippen MR) is 71.4 cm³/mol. The van der Waals surface area contributed by atoms with Gasteiger partial charge < -0.3 is 0 Å². The lowest BCUT2D eigenvalue weighted by Gasteiger charge is -2.28. The fraction of sp³-hybridized carbons (Fsp3) is 0.467. The van der Waals surface area contributed by atoms with Crippen molar-refractivity contribution in [2.75, 3.05) is 0 Å². The first-order chi connectivity index (χ1) is 8.62. The molecule has 2 aromatic heterocycles. The Bertz CT molecular complexity index is 540. The molecule has 0 amide bonds. The van der Waals surface area contributed by atoms with Crippen LogP contribution in [0.5, 0.6) is 0 Å². The Morgan fingerprint density at radius 2 is 2.06 bits per heavy atom. The number of rotatable bonds is 2. The van der Waals surface area contributed by atoms with Crippen molar-refractivity contribution in [3.05, 3.63) is 47.5 Å². The van der Waals surface area contributed by atoms with Crippen molar-refractivity contribution in [2.45, 2.75) is 39.7 Å². The Kier molecular flexibility index (Phi) is 2.69. The molecule has 3 nitrogen and oxygen atoms in total. The van der Waals surface area contributed by atoms with E-state index in [0.29, 0.717) is 5.41 Å². The topological polar surface area (TPSA) is 30.7 Å². The summed E-state index contributed by atoms with van der Waals surface area (Å²) < 4.78 is 2.07. The van der Waals surface area contributed by atoms with Crippen molar-refractivity contribution in [1.29, 1.82) is 0 Å². The third-order valence-electron chi connectivity index (χ3n) is 3.73. The molecule has 2 aromatic rings. The van der Waals surface area contributed by atoms with Gasteiger partial charge in [0.25, 0.3) is 0 Å². The zero-order chi connectivity index (χ0) is 12.6. The molecule has 0 fully saturated rings. The lowest BCUT2D eigenvalue weighted by molar-refractivity contribution is 0.314. The summed E-state index contributed by atoms with van der Waals surface area (Å²) in [7, 11) is 0. The van der Waals surface area contributed by atoms with Crippen molar-refractivity contribution < 1.29 is 0 Å². The summed E-state index contributed by atoms with van der Waals surface area (Å²) in [6.45, 7) is 5.53. The third-order valence-corrected chi connectivity index (χ3v) is 3.73. The summed E-state index contributed by atoms with van der Waals surface area (Å²) in [6.07, 6.45) is 9.40. The minimum atomic E-state index is 0.428. The van der Waals surface area contributed by atoms with Gasteiger partial charge in [0.15, 0.2) is 0 Å². The molecule has 0 saturated carbocycles. The molecule has 1 aliphatic rings. The average Bonchev–Trinajstić information content (AvgIpc) is 2.70. The Hall–Kier alpha value is -1.64. The van der Waals surface area contributed by atoms with Crippen molar-refractivity contribution >= 4 is 0 Å². The van der Waals surface area contributed by atoms with Crippen LogP contribution in [0.1, 0.15) is 37.1 Å². The minimum absolute atomic E-state index is 0.428. The van der Waals surface area contributed by atoms with Crippen LogP contribution in [0.25, 0.3) is 0 Å². The number of pyridine rings is 1. The van der Waals surface area contributed by atoms with E-state index in [-0.39, 0.29) is 0 Å². The van der Waals surface area contributed by atoms with Gasteiger partial charge >= 0.3 is 0 Å². The second-order valence-corrected chi connectivity index (χ2v) is 6.00. The highest BCUT2D eigenvalue weighted by atomic mass is 15.3. The molecule has 0 N–H and O–H groups in total. The van der Waals surface area contributed by atoms with Gasteiger partial charge in [-0.2, -0.15) is 5.10 Å². The molecule has 0 unspecified atom stereocenters. The monoisotopic (exact) mass is 241 g/mol. The molecule has 0 aromatic carbocycles. The quantitative estimate of drug-likeness (QED) is 0.809. The maximum absolute atomic E-state index is 4.71. The number of aromatic nitrogens is 3. The first-order valence-corrected chi connectivity index (χ1v) is 6.56. The Balaban J connectivity index is 1.82. The lowest BCUT2D eigenvalue weighted by atomic mass is 9.77. The van der Waals surface area contributed by atoms with E-state index in [9.17, 15) is 0 Å². The molecular weight excluding hydrogens is 222 g/mol. The number of aryl methyl sites for hydroxylation is 1. The highest BCUT2D eigenvalue weighted by Crippen LogP contribution is 2.33. The minimum Gasteiger partial charge on any atom is -0.268 e. The van der Waals surface area contributed by atoms with Crippen LogP contribution in [-0.4, -0.2) is 14.8 Å². The first kappa shape index (κ1) is 11.5. The van der Waals surface area contributed by atoms with Crippen molar-refractivity contribution in [2.24, 2.45) is 5.41 Å². The van der Waals surface area contributed by atoms with E-state index in [0.717, 1.165) is 19.4 Å². The Labute approximate surface area is 108 Å². The molecular formula is C15H19N3.